The van der Waals surface area contributed by atoms with E-state index in [0.29, 0.717) is 12.2 Å². The lowest BCUT2D eigenvalue weighted by atomic mass is 10.0. The van der Waals surface area contributed by atoms with Gasteiger partial charge in [0.2, 0.25) is 0 Å². The average Bonchev–Trinajstić information content (AvgIpc) is 2.52. The molecule has 0 fully saturated rings. The van der Waals surface area contributed by atoms with Crippen molar-refractivity contribution in [1.82, 2.24) is 0 Å². The van der Waals surface area contributed by atoms with Gasteiger partial charge in [-0.25, -0.2) is 0 Å². The number of benzene rings is 2. The molecule has 0 heterocycles. The van der Waals surface area contributed by atoms with Crippen molar-refractivity contribution >= 4 is 12.2 Å². The Kier molecular flexibility index (Phi) is 5.42. The molecule has 0 unspecified atom stereocenters. The minimum Gasteiger partial charge on any atom is -0.507 e. The Morgan fingerprint density at radius 3 is 2.45 bits per heavy atom. The Morgan fingerprint density at radius 1 is 1.09 bits per heavy atom. The predicted octanol–water partition coefficient (Wildman–Crippen LogP) is 5.08. The predicted molar refractivity (Wildman–Crippen MR) is 93.2 cm³/mol. The van der Waals surface area contributed by atoms with Crippen molar-refractivity contribution in [3.8, 4) is 11.5 Å². The molecular formula is C20H22O2. The van der Waals surface area contributed by atoms with Gasteiger partial charge in [-0.1, -0.05) is 54.1 Å². The third-order valence-corrected chi connectivity index (χ3v) is 3.44. The summed E-state index contributed by atoms with van der Waals surface area (Å²) in [6.07, 6.45) is 6.87. The number of phenols is 1. The molecule has 22 heavy (non-hydrogen) atoms. The molecule has 0 aromatic heterocycles. The Bertz CT molecular complexity index is 678. The van der Waals surface area contributed by atoms with E-state index in [1.807, 2.05) is 48.6 Å². The monoisotopic (exact) mass is 294 g/mol. The van der Waals surface area contributed by atoms with Crippen molar-refractivity contribution in [1.29, 1.82) is 0 Å². The molecular weight excluding hydrogens is 272 g/mol. The fourth-order valence-corrected chi connectivity index (χ4v) is 2.20. The third-order valence-electron chi connectivity index (χ3n) is 3.44. The molecule has 2 aromatic rings. The number of aromatic hydroxyl groups is 1. The molecule has 2 aromatic carbocycles. The van der Waals surface area contributed by atoms with Crippen LogP contribution in [-0.4, -0.2) is 12.2 Å². The standard InChI is InChI=1S/C20H22O2/c1-15(2)9-12-19-17(13-18(22-3)14-20(19)21)11-10-16-7-5-4-6-8-16/h4-11,13-14,21H,12H2,1-3H3. The van der Waals surface area contributed by atoms with Crippen LogP contribution in [0.4, 0.5) is 0 Å². The van der Waals surface area contributed by atoms with Gasteiger partial charge in [0.25, 0.3) is 0 Å². The van der Waals surface area contributed by atoms with Gasteiger partial charge in [0.05, 0.1) is 7.11 Å². The number of hydrogen-bond acceptors (Lipinski definition) is 2. The van der Waals surface area contributed by atoms with Gasteiger partial charge in [-0.05, 0) is 37.5 Å². The number of ether oxygens (including phenoxy) is 1. The van der Waals surface area contributed by atoms with Crippen LogP contribution in [0.15, 0.2) is 54.1 Å². The first-order valence-corrected chi connectivity index (χ1v) is 7.36. The maximum atomic E-state index is 10.3. The van der Waals surface area contributed by atoms with Gasteiger partial charge in [-0.15, -0.1) is 0 Å². The number of methoxy groups -OCH3 is 1. The van der Waals surface area contributed by atoms with Crippen LogP contribution < -0.4 is 4.74 Å². The van der Waals surface area contributed by atoms with Crippen molar-refractivity contribution < 1.29 is 9.84 Å². The molecule has 0 atom stereocenters. The summed E-state index contributed by atoms with van der Waals surface area (Å²) in [6, 6.07) is 13.7. The van der Waals surface area contributed by atoms with E-state index in [0.717, 1.165) is 16.7 Å². The van der Waals surface area contributed by atoms with Gasteiger partial charge in [0.1, 0.15) is 11.5 Å². The van der Waals surface area contributed by atoms with Crippen molar-refractivity contribution in [2.24, 2.45) is 0 Å². The lowest BCUT2D eigenvalue weighted by molar-refractivity contribution is 0.406. The first kappa shape index (κ1) is 15.9. The van der Waals surface area contributed by atoms with Gasteiger partial charge in [-0.2, -0.15) is 0 Å². The molecule has 1 N–H and O–H groups in total. The maximum absolute atomic E-state index is 10.3. The highest BCUT2D eigenvalue weighted by atomic mass is 16.5. The van der Waals surface area contributed by atoms with Crippen LogP contribution in [0.1, 0.15) is 30.5 Å². The van der Waals surface area contributed by atoms with Crippen molar-refractivity contribution in [3.63, 3.8) is 0 Å². The SMILES string of the molecule is COc1cc(O)c(CC=C(C)C)c(C=Cc2ccccc2)c1. The van der Waals surface area contributed by atoms with E-state index in [2.05, 4.69) is 19.9 Å². The van der Waals surface area contributed by atoms with Crippen LogP contribution in [-0.2, 0) is 6.42 Å². The second-order valence-corrected chi connectivity index (χ2v) is 5.44. The Hall–Kier alpha value is -2.48. The number of rotatable bonds is 5. The summed E-state index contributed by atoms with van der Waals surface area (Å²) in [7, 11) is 1.61. The molecule has 0 saturated heterocycles. The summed E-state index contributed by atoms with van der Waals surface area (Å²) in [5.74, 6) is 0.927. The lowest BCUT2D eigenvalue weighted by Gasteiger charge is -2.10. The van der Waals surface area contributed by atoms with E-state index in [-0.39, 0.29) is 5.75 Å². The number of phenolic OH excluding ortho intramolecular Hbond substituents is 1. The Labute approximate surface area is 132 Å². The largest absolute Gasteiger partial charge is 0.507 e. The molecule has 2 heteroatoms. The molecule has 0 amide bonds. The van der Waals surface area contributed by atoms with Crippen LogP contribution in [0.2, 0.25) is 0 Å². The zero-order valence-corrected chi connectivity index (χ0v) is 13.3. The molecule has 0 radical (unpaired) electrons. The molecule has 0 aliphatic rings. The zero-order valence-electron chi connectivity index (χ0n) is 13.3. The van der Waals surface area contributed by atoms with Crippen LogP contribution >= 0.6 is 0 Å². The molecule has 0 spiro atoms. The molecule has 2 nitrogen and oxygen atoms in total. The first-order valence-electron chi connectivity index (χ1n) is 7.36. The highest BCUT2D eigenvalue weighted by Gasteiger charge is 2.08. The molecule has 0 aliphatic carbocycles. The van der Waals surface area contributed by atoms with Crippen LogP contribution in [0.3, 0.4) is 0 Å². The van der Waals surface area contributed by atoms with Crippen LogP contribution in [0, 0.1) is 0 Å². The van der Waals surface area contributed by atoms with Crippen molar-refractivity contribution in [3.05, 3.63) is 70.8 Å². The maximum Gasteiger partial charge on any atom is 0.123 e. The zero-order chi connectivity index (χ0) is 15.9. The van der Waals surface area contributed by atoms with Gasteiger partial charge in [0, 0.05) is 11.6 Å². The topological polar surface area (TPSA) is 29.5 Å². The van der Waals surface area contributed by atoms with Gasteiger partial charge >= 0.3 is 0 Å². The van der Waals surface area contributed by atoms with E-state index in [4.69, 9.17) is 4.74 Å². The fraction of sp³-hybridized carbons (Fsp3) is 0.200. The molecule has 0 saturated carbocycles. The normalized spacial score (nSPS) is 10.7. The Balaban J connectivity index is 2.40. The fourth-order valence-electron chi connectivity index (χ4n) is 2.20. The van der Waals surface area contributed by atoms with Gasteiger partial charge < -0.3 is 9.84 Å². The van der Waals surface area contributed by atoms with Crippen molar-refractivity contribution in [2.45, 2.75) is 20.3 Å². The smallest absolute Gasteiger partial charge is 0.123 e. The molecule has 2 rings (SSSR count). The molecule has 114 valence electrons. The van der Waals surface area contributed by atoms with Gasteiger partial charge in [-0.3, -0.25) is 0 Å². The second kappa shape index (κ2) is 7.51. The first-order chi connectivity index (χ1) is 10.6. The van der Waals surface area contributed by atoms with Crippen molar-refractivity contribution in [2.75, 3.05) is 7.11 Å². The quantitative estimate of drug-likeness (QED) is 0.615. The highest BCUT2D eigenvalue weighted by Crippen LogP contribution is 2.30. The summed E-state index contributed by atoms with van der Waals surface area (Å²) in [5, 5.41) is 10.3. The summed E-state index contributed by atoms with van der Waals surface area (Å²) in [5.41, 5.74) is 4.23. The van der Waals surface area contributed by atoms with Crippen LogP contribution in [0.5, 0.6) is 11.5 Å². The van der Waals surface area contributed by atoms with Gasteiger partial charge in [0.15, 0.2) is 0 Å². The van der Waals surface area contributed by atoms with Crippen LogP contribution in [0.25, 0.3) is 12.2 Å². The number of allylic oxidation sites excluding steroid dienone is 2. The van der Waals surface area contributed by atoms with E-state index in [1.165, 1.54) is 5.57 Å². The summed E-state index contributed by atoms with van der Waals surface area (Å²) in [6.45, 7) is 4.11. The molecule has 0 bridgehead atoms. The highest BCUT2D eigenvalue weighted by molar-refractivity contribution is 5.73. The second-order valence-electron chi connectivity index (χ2n) is 5.44. The van der Waals surface area contributed by atoms with E-state index >= 15 is 0 Å². The third kappa shape index (κ3) is 4.26. The molecule has 0 aliphatic heterocycles. The average molecular weight is 294 g/mol. The van der Waals surface area contributed by atoms with E-state index < -0.39 is 0 Å². The minimum atomic E-state index is 0.268. The summed E-state index contributed by atoms with van der Waals surface area (Å²) >= 11 is 0. The minimum absolute atomic E-state index is 0.268. The number of hydrogen-bond donors (Lipinski definition) is 1. The van der Waals surface area contributed by atoms with E-state index in [1.54, 1.807) is 13.2 Å². The summed E-state index contributed by atoms with van der Waals surface area (Å²) in [4.78, 5) is 0. The Morgan fingerprint density at radius 2 is 1.82 bits per heavy atom. The summed E-state index contributed by atoms with van der Waals surface area (Å²) < 4.78 is 5.26. The lowest BCUT2D eigenvalue weighted by Crippen LogP contribution is -1.92. The van der Waals surface area contributed by atoms with E-state index in [9.17, 15) is 5.11 Å².